The molecule has 0 aromatic carbocycles. The first-order chi connectivity index (χ1) is 9.76. The van der Waals surface area contributed by atoms with Gasteiger partial charge in [-0.05, 0) is 6.42 Å². The van der Waals surface area contributed by atoms with E-state index in [1.807, 2.05) is 0 Å². The minimum atomic E-state index is 0.238. The van der Waals surface area contributed by atoms with E-state index in [1.54, 1.807) is 7.11 Å². The molecule has 1 unspecified atom stereocenters. The summed E-state index contributed by atoms with van der Waals surface area (Å²) in [5, 5.41) is 13.3. The Bertz CT molecular complexity index is 387. The van der Waals surface area contributed by atoms with Crippen LogP contribution >= 0.6 is 0 Å². The van der Waals surface area contributed by atoms with Gasteiger partial charge in [0.15, 0.2) is 5.82 Å². The molecule has 1 N–H and O–H groups in total. The van der Waals surface area contributed by atoms with Gasteiger partial charge in [0.2, 0.25) is 0 Å². The number of piperazine rings is 1. The van der Waals surface area contributed by atoms with Crippen molar-refractivity contribution in [3.8, 4) is 0 Å². The van der Waals surface area contributed by atoms with Gasteiger partial charge in [0.1, 0.15) is 6.61 Å². The molecule has 1 aliphatic rings. The molecule has 1 aliphatic heterocycles. The third-order valence-corrected chi connectivity index (χ3v) is 3.75. The summed E-state index contributed by atoms with van der Waals surface area (Å²) in [4.78, 5) is 8.94. The normalized spacial score (nSPS) is 19.4. The predicted octanol–water partition coefficient (Wildman–Crippen LogP) is 0.105. The molecule has 1 aromatic rings. The minimum Gasteiger partial charge on any atom is -0.395 e. The Morgan fingerprint density at radius 3 is 2.70 bits per heavy atom. The topological polar surface area (TPSA) is 74.9 Å². The highest BCUT2D eigenvalue weighted by Gasteiger charge is 2.23. The zero-order valence-corrected chi connectivity index (χ0v) is 12.3. The zero-order valence-electron chi connectivity index (χ0n) is 12.3. The fourth-order valence-corrected chi connectivity index (χ4v) is 2.53. The van der Waals surface area contributed by atoms with Gasteiger partial charge < -0.3 is 14.4 Å². The number of aliphatic hydroxyl groups excluding tert-OH is 1. The Kier molecular flexibility index (Phi) is 5.90. The SMILES string of the molecule is CCC(CO)N1CCN(Cc2noc(COC)n2)CC1. The van der Waals surface area contributed by atoms with Gasteiger partial charge in [0.25, 0.3) is 5.89 Å². The highest BCUT2D eigenvalue weighted by atomic mass is 16.5. The second-order valence-electron chi connectivity index (χ2n) is 5.09. The smallest absolute Gasteiger partial charge is 0.252 e. The highest BCUT2D eigenvalue weighted by molar-refractivity contribution is 4.87. The molecule has 0 saturated carbocycles. The molecule has 1 atom stereocenters. The van der Waals surface area contributed by atoms with Gasteiger partial charge in [-0.2, -0.15) is 4.98 Å². The number of rotatable bonds is 7. The largest absolute Gasteiger partial charge is 0.395 e. The van der Waals surface area contributed by atoms with Crippen molar-refractivity contribution in [3.05, 3.63) is 11.7 Å². The van der Waals surface area contributed by atoms with Crippen LogP contribution in [0.2, 0.25) is 0 Å². The number of nitrogens with zero attached hydrogens (tertiary/aromatic N) is 4. The average Bonchev–Trinajstić information content (AvgIpc) is 2.90. The first kappa shape index (κ1) is 15.4. The van der Waals surface area contributed by atoms with Gasteiger partial charge in [0, 0.05) is 39.3 Å². The molecule has 7 heteroatoms. The number of hydrogen-bond donors (Lipinski definition) is 1. The third-order valence-electron chi connectivity index (χ3n) is 3.75. The Balaban J connectivity index is 1.78. The summed E-state index contributed by atoms with van der Waals surface area (Å²) < 4.78 is 10.0. The van der Waals surface area contributed by atoms with Gasteiger partial charge in [-0.3, -0.25) is 9.80 Å². The van der Waals surface area contributed by atoms with Gasteiger partial charge in [0.05, 0.1) is 13.2 Å². The molecule has 1 saturated heterocycles. The summed E-state index contributed by atoms with van der Waals surface area (Å²) in [6.45, 7) is 7.29. The second-order valence-corrected chi connectivity index (χ2v) is 5.09. The van der Waals surface area contributed by atoms with Gasteiger partial charge in [-0.15, -0.1) is 0 Å². The summed E-state index contributed by atoms with van der Waals surface area (Å²) in [5.41, 5.74) is 0. The van der Waals surface area contributed by atoms with Crippen LogP contribution < -0.4 is 0 Å². The van der Waals surface area contributed by atoms with E-state index in [2.05, 4.69) is 26.9 Å². The second kappa shape index (κ2) is 7.68. The lowest BCUT2D eigenvalue weighted by Gasteiger charge is -2.37. The third kappa shape index (κ3) is 3.99. The molecule has 0 aliphatic carbocycles. The Morgan fingerprint density at radius 1 is 1.35 bits per heavy atom. The van der Waals surface area contributed by atoms with Crippen LogP contribution in [-0.2, 0) is 17.9 Å². The lowest BCUT2D eigenvalue weighted by atomic mass is 10.1. The van der Waals surface area contributed by atoms with Crippen molar-refractivity contribution in [2.45, 2.75) is 32.5 Å². The molecule has 0 spiro atoms. The van der Waals surface area contributed by atoms with Crippen LogP contribution in [0, 0.1) is 0 Å². The maximum absolute atomic E-state index is 9.33. The molecule has 1 fully saturated rings. The van der Waals surface area contributed by atoms with Gasteiger partial charge in [-0.25, -0.2) is 0 Å². The van der Waals surface area contributed by atoms with Crippen molar-refractivity contribution in [1.82, 2.24) is 19.9 Å². The fraction of sp³-hybridized carbons (Fsp3) is 0.846. The van der Waals surface area contributed by atoms with Crippen molar-refractivity contribution in [2.75, 3.05) is 39.9 Å². The Labute approximate surface area is 119 Å². The maximum Gasteiger partial charge on any atom is 0.252 e. The first-order valence-electron chi connectivity index (χ1n) is 7.14. The quantitative estimate of drug-likeness (QED) is 0.761. The number of methoxy groups -OCH3 is 1. The molecule has 0 bridgehead atoms. The lowest BCUT2D eigenvalue weighted by molar-refractivity contribution is 0.0596. The van der Waals surface area contributed by atoms with Crippen LogP contribution in [0.25, 0.3) is 0 Å². The summed E-state index contributed by atoms with van der Waals surface area (Å²) in [6.07, 6.45) is 0.988. The van der Waals surface area contributed by atoms with Crippen LogP contribution in [0.1, 0.15) is 25.1 Å². The molecular formula is C13H24N4O3. The van der Waals surface area contributed by atoms with Gasteiger partial charge in [-0.1, -0.05) is 12.1 Å². The maximum atomic E-state index is 9.33. The molecule has 1 aromatic heterocycles. The van der Waals surface area contributed by atoms with Crippen molar-refractivity contribution >= 4 is 0 Å². The molecule has 2 rings (SSSR count). The van der Waals surface area contributed by atoms with E-state index in [0.717, 1.165) is 32.6 Å². The molecule has 0 radical (unpaired) electrons. The highest BCUT2D eigenvalue weighted by Crippen LogP contribution is 2.11. The van der Waals surface area contributed by atoms with E-state index >= 15 is 0 Å². The van der Waals surface area contributed by atoms with Crippen molar-refractivity contribution in [2.24, 2.45) is 0 Å². The van der Waals surface area contributed by atoms with Crippen LogP contribution in [0.4, 0.5) is 0 Å². The van der Waals surface area contributed by atoms with E-state index in [-0.39, 0.29) is 12.6 Å². The van der Waals surface area contributed by atoms with Crippen LogP contribution in [0.3, 0.4) is 0 Å². The Morgan fingerprint density at radius 2 is 2.10 bits per heavy atom. The molecule has 2 heterocycles. The number of hydrogen-bond acceptors (Lipinski definition) is 7. The van der Waals surface area contributed by atoms with Crippen molar-refractivity contribution in [3.63, 3.8) is 0 Å². The van der Waals surface area contributed by atoms with Crippen LogP contribution in [-0.4, -0.2) is 71.0 Å². The number of aliphatic hydroxyl groups is 1. The van der Waals surface area contributed by atoms with Crippen molar-refractivity contribution in [1.29, 1.82) is 0 Å². The first-order valence-corrected chi connectivity index (χ1v) is 7.14. The average molecular weight is 284 g/mol. The summed E-state index contributed by atoms with van der Waals surface area (Å²) in [6, 6.07) is 0.288. The fourth-order valence-electron chi connectivity index (χ4n) is 2.53. The minimum absolute atomic E-state index is 0.238. The standard InChI is InChI=1S/C13H24N4O3/c1-3-11(9-18)17-6-4-16(5-7-17)8-12-14-13(10-19-2)20-15-12/h11,18H,3-10H2,1-2H3. The van der Waals surface area contributed by atoms with E-state index in [1.165, 1.54) is 0 Å². The summed E-state index contributed by atoms with van der Waals surface area (Å²) in [5.74, 6) is 1.23. The van der Waals surface area contributed by atoms with E-state index in [0.29, 0.717) is 24.9 Å². The van der Waals surface area contributed by atoms with E-state index < -0.39 is 0 Å². The molecule has 20 heavy (non-hydrogen) atoms. The van der Waals surface area contributed by atoms with Crippen LogP contribution in [0.5, 0.6) is 0 Å². The summed E-state index contributed by atoms with van der Waals surface area (Å²) >= 11 is 0. The van der Waals surface area contributed by atoms with Gasteiger partial charge >= 0.3 is 0 Å². The predicted molar refractivity (Wildman–Crippen MR) is 73.0 cm³/mol. The Hall–Kier alpha value is -1.02. The molecule has 114 valence electrons. The van der Waals surface area contributed by atoms with Crippen molar-refractivity contribution < 1.29 is 14.4 Å². The van der Waals surface area contributed by atoms with E-state index in [9.17, 15) is 5.11 Å². The molecular weight excluding hydrogens is 260 g/mol. The molecule has 7 nitrogen and oxygen atoms in total. The zero-order chi connectivity index (χ0) is 14.4. The lowest BCUT2D eigenvalue weighted by Crippen LogP contribution is -2.50. The molecule has 0 amide bonds. The monoisotopic (exact) mass is 284 g/mol. The van der Waals surface area contributed by atoms with Crippen LogP contribution in [0.15, 0.2) is 4.52 Å². The number of ether oxygens (including phenoxy) is 1. The summed E-state index contributed by atoms with van der Waals surface area (Å²) in [7, 11) is 1.61. The van der Waals surface area contributed by atoms with E-state index in [4.69, 9.17) is 9.26 Å². The number of aromatic nitrogens is 2.